The number of benzene rings is 1. The van der Waals surface area contributed by atoms with Gasteiger partial charge in [0, 0.05) is 18.3 Å². The van der Waals surface area contributed by atoms with Gasteiger partial charge in [-0.1, -0.05) is 6.07 Å². The van der Waals surface area contributed by atoms with Crippen LogP contribution in [0, 0.1) is 5.92 Å². The van der Waals surface area contributed by atoms with E-state index in [2.05, 4.69) is 15.7 Å². The van der Waals surface area contributed by atoms with Crippen LogP contribution in [-0.4, -0.2) is 34.9 Å². The number of urea groups is 1. The van der Waals surface area contributed by atoms with E-state index in [1.165, 1.54) is 20.0 Å². The van der Waals surface area contributed by atoms with E-state index in [1.807, 2.05) is 13.0 Å². The van der Waals surface area contributed by atoms with Gasteiger partial charge in [0.1, 0.15) is 0 Å². The fraction of sp³-hybridized carbons (Fsp3) is 0.353. The van der Waals surface area contributed by atoms with Crippen LogP contribution in [-0.2, 0) is 4.74 Å². The Morgan fingerprint density at radius 1 is 1.33 bits per heavy atom. The molecule has 0 aliphatic heterocycles. The molecule has 0 spiro atoms. The van der Waals surface area contributed by atoms with Crippen LogP contribution < -0.4 is 10.6 Å². The second-order valence-electron chi connectivity index (χ2n) is 5.91. The van der Waals surface area contributed by atoms with Crippen LogP contribution in [0.15, 0.2) is 36.5 Å². The Kier molecular flexibility index (Phi) is 4.50. The largest absolute Gasteiger partial charge is 0.465 e. The summed E-state index contributed by atoms with van der Waals surface area (Å²) in [7, 11) is 1.34. The maximum absolute atomic E-state index is 12.0. The number of anilines is 1. The Labute approximate surface area is 140 Å². The fourth-order valence-electron chi connectivity index (χ4n) is 2.50. The third kappa shape index (κ3) is 3.73. The second-order valence-corrected chi connectivity index (χ2v) is 5.91. The standard InChI is InChI=1S/C17H20N4O3/c1-11(12-6-7-12)18-17(23)19-15-8-9-21(20-15)14-5-3-4-13(10-14)16(22)24-2/h3-5,8-12H,6-7H2,1-2H3,(H2,18,19,20,23)/t11-/m0/s1. The molecule has 1 aliphatic carbocycles. The molecule has 7 nitrogen and oxygen atoms in total. The minimum absolute atomic E-state index is 0.170. The molecule has 0 saturated heterocycles. The molecule has 0 unspecified atom stereocenters. The Morgan fingerprint density at radius 2 is 2.12 bits per heavy atom. The first-order chi connectivity index (χ1) is 11.6. The van der Waals surface area contributed by atoms with Gasteiger partial charge in [0.15, 0.2) is 5.82 Å². The normalized spacial score (nSPS) is 14.8. The van der Waals surface area contributed by atoms with E-state index in [4.69, 9.17) is 4.74 Å². The number of ether oxygens (including phenoxy) is 1. The quantitative estimate of drug-likeness (QED) is 0.826. The molecule has 2 amide bonds. The summed E-state index contributed by atoms with van der Waals surface area (Å²) in [5, 5.41) is 9.94. The van der Waals surface area contributed by atoms with Crippen LogP contribution in [0.3, 0.4) is 0 Å². The van der Waals surface area contributed by atoms with Crippen molar-refractivity contribution < 1.29 is 14.3 Å². The SMILES string of the molecule is COC(=O)c1cccc(-n2ccc(NC(=O)N[C@@H](C)C3CC3)n2)c1. The van der Waals surface area contributed by atoms with Crippen molar-refractivity contribution in [2.45, 2.75) is 25.8 Å². The number of nitrogens with one attached hydrogen (secondary N) is 2. The lowest BCUT2D eigenvalue weighted by Crippen LogP contribution is -2.37. The number of methoxy groups -OCH3 is 1. The summed E-state index contributed by atoms with van der Waals surface area (Å²) in [6.45, 7) is 2.01. The van der Waals surface area contributed by atoms with Crippen LogP contribution in [0.25, 0.3) is 5.69 Å². The Hall–Kier alpha value is -2.83. The molecule has 24 heavy (non-hydrogen) atoms. The lowest BCUT2D eigenvalue weighted by Gasteiger charge is -2.12. The molecule has 2 N–H and O–H groups in total. The highest BCUT2D eigenvalue weighted by atomic mass is 16.5. The number of rotatable bonds is 5. The number of aromatic nitrogens is 2. The van der Waals surface area contributed by atoms with E-state index >= 15 is 0 Å². The van der Waals surface area contributed by atoms with Crippen LogP contribution in [0.5, 0.6) is 0 Å². The summed E-state index contributed by atoms with van der Waals surface area (Å²) in [6.07, 6.45) is 4.07. The smallest absolute Gasteiger partial charge is 0.337 e. The van der Waals surface area contributed by atoms with Gasteiger partial charge in [-0.05, 0) is 43.9 Å². The maximum atomic E-state index is 12.0. The number of carbonyl (C=O) groups excluding carboxylic acids is 2. The van der Waals surface area contributed by atoms with E-state index in [1.54, 1.807) is 35.1 Å². The first kappa shape index (κ1) is 16.0. The van der Waals surface area contributed by atoms with Crippen molar-refractivity contribution in [1.82, 2.24) is 15.1 Å². The molecule has 1 aliphatic rings. The molecule has 7 heteroatoms. The second kappa shape index (κ2) is 6.74. The van der Waals surface area contributed by atoms with Crippen LogP contribution in [0.1, 0.15) is 30.1 Å². The number of carbonyl (C=O) groups is 2. The molecular formula is C17H20N4O3. The molecule has 126 valence electrons. The van der Waals surface area contributed by atoms with Crippen molar-refractivity contribution >= 4 is 17.8 Å². The summed E-state index contributed by atoms with van der Waals surface area (Å²) in [4.78, 5) is 23.5. The molecule has 0 bridgehead atoms. The summed E-state index contributed by atoms with van der Waals surface area (Å²) >= 11 is 0. The summed E-state index contributed by atoms with van der Waals surface area (Å²) < 4.78 is 6.30. The highest BCUT2D eigenvalue weighted by Crippen LogP contribution is 2.32. The van der Waals surface area contributed by atoms with Crippen molar-refractivity contribution in [3.63, 3.8) is 0 Å². The monoisotopic (exact) mass is 328 g/mol. The number of amides is 2. The lowest BCUT2D eigenvalue weighted by atomic mass is 10.2. The molecule has 1 atom stereocenters. The number of hydrogen-bond acceptors (Lipinski definition) is 4. The highest BCUT2D eigenvalue weighted by Gasteiger charge is 2.28. The highest BCUT2D eigenvalue weighted by molar-refractivity contribution is 5.90. The molecule has 0 radical (unpaired) electrons. The van der Waals surface area contributed by atoms with Gasteiger partial charge in [0.2, 0.25) is 0 Å². The Morgan fingerprint density at radius 3 is 2.83 bits per heavy atom. The minimum Gasteiger partial charge on any atom is -0.465 e. The van der Waals surface area contributed by atoms with Gasteiger partial charge in [-0.2, -0.15) is 0 Å². The molecule has 1 fully saturated rings. The van der Waals surface area contributed by atoms with Crippen LogP contribution in [0.2, 0.25) is 0 Å². The van der Waals surface area contributed by atoms with E-state index in [-0.39, 0.29) is 12.1 Å². The van der Waals surface area contributed by atoms with Gasteiger partial charge in [-0.3, -0.25) is 5.32 Å². The minimum atomic E-state index is -0.407. The predicted octanol–water partition coefficient (Wildman–Crippen LogP) is 2.58. The number of hydrogen-bond donors (Lipinski definition) is 2. The molecule has 1 aromatic heterocycles. The van der Waals surface area contributed by atoms with Crippen molar-refractivity contribution in [3.05, 3.63) is 42.1 Å². The van der Waals surface area contributed by atoms with E-state index in [9.17, 15) is 9.59 Å². The van der Waals surface area contributed by atoms with Gasteiger partial charge < -0.3 is 10.1 Å². The molecule has 3 rings (SSSR count). The van der Waals surface area contributed by atoms with Gasteiger partial charge in [0.05, 0.1) is 18.4 Å². The molecule has 2 aromatic rings. The van der Waals surface area contributed by atoms with Crippen LogP contribution >= 0.6 is 0 Å². The average Bonchev–Trinajstić information content (AvgIpc) is 3.34. The van der Waals surface area contributed by atoms with Gasteiger partial charge in [0.25, 0.3) is 0 Å². The third-order valence-electron chi connectivity index (χ3n) is 4.05. The zero-order valence-corrected chi connectivity index (χ0v) is 13.7. The van der Waals surface area contributed by atoms with Crippen molar-refractivity contribution in [2.75, 3.05) is 12.4 Å². The van der Waals surface area contributed by atoms with Crippen molar-refractivity contribution in [3.8, 4) is 5.69 Å². The van der Waals surface area contributed by atoms with Crippen molar-refractivity contribution in [2.24, 2.45) is 5.92 Å². The summed E-state index contributed by atoms with van der Waals surface area (Å²) in [5.41, 5.74) is 1.15. The van der Waals surface area contributed by atoms with Gasteiger partial charge >= 0.3 is 12.0 Å². The fourth-order valence-corrected chi connectivity index (χ4v) is 2.50. The predicted molar refractivity (Wildman–Crippen MR) is 89.2 cm³/mol. The zero-order chi connectivity index (χ0) is 17.1. The molecule has 1 aromatic carbocycles. The number of nitrogens with zero attached hydrogens (tertiary/aromatic N) is 2. The third-order valence-corrected chi connectivity index (χ3v) is 4.05. The van der Waals surface area contributed by atoms with Crippen molar-refractivity contribution in [1.29, 1.82) is 0 Å². The molecule has 1 saturated carbocycles. The van der Waals surface area contributed by atoms with E-state index < -0.39 is 5.97 Å². The first-order valence-corrected chi connectivity index (χ1v) is 7.89. The van der Waals surface area contributed by atoms with Crippen LogP contribution in [0.4, 0.5) is 10.6 Å². The topological polar surface area (TPSA) is 85.2 Å². The Bertz CT molecular complexity index is 752. The van der Waals surface area contributed by atoms with Gasteiger partial charge in [-0.25, -0.2) is 14.3 Å². The Balaban J connectivity index is 1.66. The molecule has 1 heterocycles. The van der Waals surface area contributed by atoms with Gasteiger partial charge in [-0.15, -0.1) is 5.10 Å². The zero-order valence-electron chi connectivity index (χ0n) is 13.7. The number of esters is 1. The molecular weight excluding hydrogens is 308 g/mol. The first-order valence-electron chi connectivity index (χ1n) is 7.89. The maximum Gasteiger partial charge on any atom is 0.337 e. The van der Waals surface area contributed by atoms with E-state index in [0.717, 1.165) is 0 Å². The average molecular weight is 328 g/mol. The summed E-state index contributed by atoms with van der Waals surface area (Å²) in [6, 6.07) is 8.53. The van der Waals surface area contributed by atoms with E-state index in [0.29, 0.717) is 23.0 Å². The summed E-state index contributed by atoms with van der Waals surface area (Å²) in [5.74, 6) is 0.629. The lowest BCUT2D eigenvalue weighted by molar-refractivity contribution is 0.0600.